The molecule has 0 aliphatic rings. The lowest BCUT2D eigenvalue weighted by atomic mass is 10.1. The number of aromatic nitrogens is 1. The van der Waals surface area contributed by atoms with Gasteiger partial charge in [0.15, 0.2) is 0 Å². The number of aryl methyl sites for hydroxylation is 1. The van der Waals surface area contributed by atoms with Crippen molar-refractivity contribution in [3.63, 3.8) is 0 Å². The minimum Gasteiger partial charge on any atom is -0.439 e. The van der Waals surface area contributed by atoms with E-state index < -0.39 is 0 Å². The Labute approximate surface area is 105 Å². The molecule has 1 aromatic carbocycles. The van der Waals surface area contributed by atoms with Crippen molar-refractivity contribution in [1.29, 1.82) is 10.5 Å². The largest absolute Gasteiger partial charge is 0.439 e. The molecule has 0 saturated carbocycles. The van der Waals surface area contributed by atoms with Crippen molar-refractivity contribution in [2.24, 2.45) is 0 Å². The molecule has 0 atom stereocenters. The van der Waals surface area contributed by atoms with Crippen LogP contribution in [-0.4, -0.2) is 4.98 Å². The van der Waals surface area contributed by atoms with Crippen molar-refractivity contribution < 1.29 is 4.74 Å². The van der Waals surface area contributed by atoms with Gasteiger partial charge in [-0.3, -0.25) is 0 Å². The third-order valence-corrected chi connectivity index (χ3v) is 2.37. The highest BCUT2D eigenvalue weighted by Gasteiger charge is 2.04. The Kier molecular flexibility index (Phi) is 3.22. The molecule has 0 aliphatic carbocycles. The molecule has 0 amide bonds. The summed E-state index contributed by atoms with van der Waals surface area (Å²) >= 11 is 0. The Morgan fingerprint density at radius 1 is 1.11 bits per heavy atom. The first-order valence-electron chi connectivity index (χ1n) is 5.28. The molecular formula is C14H9N3O. The molecule has 1 aromatic heterocycles. The molecule has 86 valence electrons. The summed E-state index contributed by atoms with van der Waals surface area (Å²) in [5.41, 5.74) is 1.71. The summed E-state index contributed by atoms with van der Waals surface area (Å²) < 4.78 is 5.58. The molecule has 0 aliphatic heterocycles. The molecule has 2 aromatic rings. The predicted molar refractivity (Wildman–Crippen MR) is 64.9 cm³/mol. The normalized spacial score (nSPS) is 9.28. The zero-order valence-electron chi connectivity index (χ0n) is 9.71. The Morgan fingerprint density at radius 2 is 1.94 bits per heavy atom. The van der Waals surface area contributed by atoms with Gasteiger partial charge in [-0.15, -0.1) is 0 Å². The van der Waals surface area contributed by atoms with Crippen LogP contribution in [0.3, 0.4) is 0 Å². The SMILES string of the molecule is Cc1ccc(C#N)cc1Oc1cccc(C#N)n1. The molecule has 2 rings (SSSR count). The lowest BCUT2D eigenvalue weighted by Gasteiger charge is -2.07. The average molecular weight is 235 g/mol. The van der Waals surface area contributed by atoms with Gasteiger partial charge in [-0.1, -0.05) is 12.1 Å². The van der Waals surface area contributed by atoms with Crippen LogP contribution in [0, 0.1) is 29.6 Å². The first-order chi connectivity index (χ1) is 8.72. The van der Waals surface area contributed by atoms with E-state index in [2.05, 4.69) is 11.1 Å². The molecule has 0 bridgehead atoms. The highest BCUT2D eigenvalue weighted by atomic mass is 16.5. The fraction of sp³-hybridized carbons (Fsp3) is 0.0714. The van der Waals surface area contributed by atoms with Gasteiger partial charge in [0.25, 0.3) is 0 Å². The number of nitrogens with zero attached hydrogens (tertiary/aromatic N) is 3. The third-order valence-electron chi connectivity index (χ3n) is 2.37. The van der Waals surface area contributed by atoms with Crippen LogP contribution in [0.15, 0.2) is 36.4 Å². The van der Waals surface area contributed by atoms with Crippen LogP contribution in [0.25, 0.3) is 0 Å². The van der Waals surface area contributed by atoms with E-state index in [9.17, 15) is 0 Å². The second-order valence-corrected chi connectivity index (χ2v) is 3.67. The maximum absolute atomic E-state index is 8.84. The zero-order chi connectivity index (χ0) is 13.0. The number of benzene rings is 1. The van der Waals surface area contributed by atoms with E-state index in [1.54, 1.807) is 30.3 Å². The van der Waals surface area contributed by atoms with Crippen LogP contribution >= 0.6 is 0 Å². The summed E-state index contributed by atoms with van der Waals surface area (Å²) in [5.74, 6) is 0.906. The maximum atomic E-state index is 8.84. The Morgan fingerprint density at radius 3 is 2.67 bits per heavy atom. The molecular weight excluding hydrogens is 226 g/mol. The smallest absolute Gasteiger partial charge is 0.220 e. The minimum atomic E-state index is 0.293. The third kappa shape index (κ3) is 2.45. The van der Waals surface area contributed by atoms with E-state index in [4.69, 9.17) is 15.3 Å². The van der Waals surface area contributed by atoms with Gasteiger partial charge in [-0.2, -0.15) is 10.5 Å². The first kappa shape index (κ1) is 11.6. The van der Waals surface area contributed by atoms with Crippen LogP contribution in [0.2, 0.25) is 0 Å². The van der Waals surface area contributed by atoms with Crippen molar-refractivity contribution in [1.82, 2.24) is 4.98 Å². The molecule has 0 N–H and O–H groups in total. The fourth-order valence-corrected chi connectivity index (χ4v) is 1.43. The van der Waals surface area contributed by atoms with E-state index in [-0.39, 0.29) is 0 Å². The zero-order valence-corrected chi connectivity index (χ0v) is 9.71. The average Bonchev–Trinajstić information content (AvgIpc) is 2.41. The Hall–Kier alpha value is -2.85. The van der Waals surface area contributed by atoms with Crippen molar-refractivity contribution in [3.05, 3.63) is 53.2 Å². The van der Waals surface area contributed by atoms with Gasteiger partial charge in [0.1, 0.15) is 17.5 Å². The van der Waals surface area contributed by atoms with Gasteiger partial charge in [0, 0.05) is 6.07 Å². The molecule has 1 heterocycles. The number of hydrogen-bond donors (Lipinski definition) is 0. The molecule has 0 spiro atoms. The van der Waals surface area contributed by atoms with Crippen molar-refractivity contribution in [3.8, 4) is 23.8 Å². The standard InChI is InChI=1S/C14H9N3O/c1-10-5-6-11(8-15)7-13(10)18-14-4-2-3-12(9-16)17-14/h2-7H,1H3. The number of nitriles is 2. The summed E-state index contributed by atoms with van der Waals surface area (Å²) in [6.07, 6.45) is 0. The van der Waals surface area contributed by atoms with E-state index in [1.165, 1.54) is 0 Å². The maximum Gasteiger partial charge on any atom is 0.220 e. The van der Waals surface area contributed by atoms with E-state index >= 15 is 0 Å². The Balaban J connectivity index is 2.34. The molecule has 0 unspecified atom stereocenters. The van der Waals surface area contributed by atoms with Gasteiger partial charge in [-0.25, -0.2) is 4.98 Å². The van der Waals surface area contributed by atoms with Crippen LogP contribution in [0.1, 0.15) is 16.8 Å². The quantitative estimate of drug-likeness (QED) is 0.802. The lowest BCUT2D eigenvalue weighted by Crippen LogP contribution is -1.92. The van der Waals surface area contributed by atoms with Crippen LogP contribution in [-0.2, 0) is 0 Å². The number of rotatable bonds is 2. The monoisotopic (exact) mass is 235 g/mol. The topological polar surface area (TPSA) is 69.7 Å². The van der Waals surface area contributed by atoms with E-state index in [1.807, 2.05) is 19.1 Å². The van der Waals surface area contributed by atoms with E-state index in [0.717, 1.165) is 5.56 Å². The fourth-order valence-electron chi connectivity index (χ4n) is 1.43. The van der Waals surface area contributed by atoms with Crippen LogP contribution in [0.4, 0.5) is 0 Å². The first-order valence-corrected chi connectivity index (χ1v) is 5.28. The molecule has 4 heteroatoms. The summed E-state index contributed by atoms with van der Waals surface area (Å²) in [7, 11) is 0. The summed E-state index contributed by atoms with van der Waals surface area (Å²) in [6.45, 7) is 1.88. The van der Waals surface area contributed by atoms with Gasteiger partial charge in [-0.05, 0) is 30.7 Å². The molecule has 18 heavy (non-hydrogen) atoms. The molecule has 0 saturated heterocycles. The van der Waals surface area contributed by atoms with Gasteiger partial charge < -0.3 is 4.74 Å². The molecule has 4 nitrogen and oxygen atoms in total. The lowest BCUT2D eigenvalue weighted by molar-refractivity contribution is 0.459. The van der Waals surface area contributed by atoms with Gasteiger partial charge in [0.05, 0.1) is 11.6 Å². The van der Waals surface area contributed by atoms with Crippen molar-refractivity contribution >= 4 is 0 Å². The minimum absolute atomic E-state index is 0.293. The second-order valence-electron chi connectivity index (χ2n) is 3.67. The predicted octanol–water partition coefficient (Wildman–Crippen LogP) is 2.93. The van der Waals surface area contributed by atoms with Gasteiger partial charge in [0.2, 0.25) is 5.88 Å². The van der Waals surface area contributed by atoms with Gasteiger partial charge >= 0.3 is 0 Å². The van der Waals surface area contributed by atoms with Crippen LogP contribution < -0.4 is 4.74 Å². The van der Waals surface area contributed by atoms with Crippen molar-refractivity contribution in [2.45, 2.75) is 6.92 Å². The molecule has 0 fully saturated rings. The second kappa shape index (κ2) is 4.99. The van der Waals surface area contributed by atoms with Crippen LogP contribution in [0.5, 0.6) is 11.6 Å². The Bertz CT molecular complexity index is 665. The molecule has 0 radical (unpaired) electrons. The summed E-state index contributed by atoms with van der Waals surface area (Å²) in [4.78, 5) is 4.02. The summed E-state index contributed by atoms with van der Waals surface area (Å²) in [6, 6.07) is 14.1. The number of ether oxygens (including phenoxy) is 1. The number of hydrogen-bond acceptors (Lipinski definition) is 4. The highest BCUT2D eigenvalue weighted by Crippen LogP contribution is 2.24. The summed E-state index contributed by atoms with van der Waals surface area (Å²) in [5, 5.41) is 17.6. The van der Waals surface area contributed by atoms with E-state index in [0.29, 0.717) is 22.9 Å². The highest BCUT2D eigenvalue weighted by molar-refractivity contribution is 5.43. The number of pyridine rings is 1. The van der Waals surface area contributed by atoms with Crippen molar-refractivity contribution in [2.75, 3.05) is 0 Å².